The number of rotatable bonds is 6. The lowest BCUT2D eigenvalue weighted by molar-refractivity contribution is 0.284. The summed E-state index contributed by atoms with van der Waals surface area (Å²) < 4.78 is 11.1. The van der Waals surface area contributed by atoms with Crippen LogP contribution in [0.3, 0.4) is 0 Å². The molecule has 2 aromatic carbocycles. The molecule has 3 nitrogen and oxygen atoms in total. The fraction of sp³-hybridized carbons (Fsp3) is 0.294. The lowest BCUT2D eigenvalue weighted by Gasteiger charge is -2.11. The summed E-state index contributed by atoms with van der Waals surface area (Å²) in [6.07, 6.45) is 0.910. The van der Waals surface area contributed by atoms with E-state index < -0.39 is 0 Å². The van der Waals surface area contributed by atoms with Crippen molar-refractivity contribution in [2.75, 3.05) is 13.7 Å². The second-order valence-corrected chi connectivity index (χ2v) is 4.80. The van der Waals surface area contributed by atoms with E-state index in [1.807, 2.05) is 25.1 Å². The van der Waals surface area contributed by atoms with Crippen molar-refractivity contribution in [3.63, 3.8) is 0 Å². The van der Waals surface area contributed by atoms with E-state index in [2.05, 4.69) is 24.3 Å². The van der Waals surface area contributed by atoms with Crippen LogP contribution in [0.2, 0.25) is 0 Å². The molecule has 0 radical (unpaired) electrons. The summed E-state index contributed by atoms with van der Waals surface area (Å²) in [5.41, 5.74) is 9.08. The first kappa shape index (κ1) is 14.4. The van der Waals surface area contributed by atoms with Gasteiger partial charge in [-0.1, -0.05) is 30.3 Å². The van der Waals surface area contributed by atoms with Crippen LogP contribution in [0.25, 0.3) is 0 Å². The van der Waals surface area contributed by atoms with Crippen molar-refractivity contribution in [3.8, 4) is 11.5 Å². The molecule has 2 aromatic rings. The highest BCUT2D eigenvalue weighted by molar-refractivity contribution is 5.42. The number of nitrogens with two attached hydrogens (primary N) is 1. The minimum absolute atomic E-state index is 0.530. The highest BCUT2D eigenvalue weighted by Gasteiger charge is 2.04. The molecule has 106 valence electrons. The van der Waals surface area contributed by atoms with Gasteiger partial charge in [0.05, 0.1) is 7.11 Å². The molecule has 2 N–H and O–H groups in total. The highest BCUT2D eigenvalue weighted by atomic mass is 16.5. The van der Waals surface area contributed by atoms with E-state index in [4.69, 9.17) is 15.2 Å². The zero-order valence-corrected chi connectivity index (χ0v) is 12.1. The second kappa shape index (κ2) is 6.96. The van der Waals surface area contributed by atoms with Gasteiger partial charge in [0.15, 0.2) is 11.5 Å². The molecule has 0 aliphatic carbocycles. The molecule has 0 aliphatic heterocycles. The van der Waals surface area contributed by atoms with Crippen LogP contribution in [-0.2, 0) is 13.0 Å². The first-order chi connectivity index (χ1) is 9.72. The molecule has 0 atom stereocenters. The quantitative estimate of drug-likeness (QED) is 0.878. The van der Waals surface area contributed by atoms with Crippen LogP contribution < -0.4 is 15.2 Å². The summed E-state index contributed by atoms with van der Waals surface area (Å²) in [6, 6.07) is 14.3. The Bertz CT molecular complexity index is 549. The first-order valence-electron chi connectivity index (χ1n) is 6.78. The van der Waals surface area contributed by atoms with E-state index in [0.29, 0.717) is 13.2 Å². The van der Waals surface area contributed by atoms with E-state index >= 15 is 0 Å². The van der Waals surface area contributed by atoms with Crippen molar-refractivity contribution in [3.05, 3.63) is 59.2 Å². The Morgan fingerprint density at radius 1 is 0.950 bits per heavy atom. The van der Waals surface area contributed by atoms with Crippen LogP contribution in [0.15, 0.2) is 42.5 Å². The molecule has 2 rings (SSSR count). The molecule has 0 saturated carbocycles. The van der Waals surface area contributed by atoms with Gasteiger partial charge in [0.1, 0.15) is 6.61 Å². The van der Waals surface area contributed by atoms with Crippen molar-refractivity contribution < 1.29 is 9.47 Å². The molecule has 0 aliphatic rings. The predicted molar refractivity (Wildman–Crippen MR) is 81.3 cm³/mol. The van der Waals surface area contributed by atoms with Gasteiger partial charge in [-0.2, -0.15) is 0 Å². The summed E-state index contributed by atoms with van der Waals surface area (Å²) >= 11 is 0. The molecule has 0 aromatic heterocycles. The molecule has 20 heavy (non-hydrogen) atoms. The minimum atomic E-state index is 0.530. The van der Waals surface area contributed by atoms with Crippen LogP contribution in [0.4, 0.5) is 0 Å². The molecule has 0 fully saturated rings. The van der Waals surface area contributed by atoms with Crippen LogP contribution >= 0.6 is 0 Å². The van der Waals surface area contributed by atoms with Gasteiger partial charge in [0.25, 0.3) is 0 Å². The van der Waals surface area contributed by atoms with E-state index in [1.54, 1.807) is 7.11 Å². The van der Waals surface area contributed by atoms with Gasteiger partial charge in [0, 0.05) is 0 Å². The molecule has 0 saturated heterocycles. The zero-order chi connectivity index (χ0) is 14.4. The molecule has 0 heterocycles. The van der Waals surface area contributed by atoms with Crippen LogP contribution in [0, 0.1) is 6.92 Å². The van der Waals surface area contributed by atoms with Gasteiger partial charge < -0.3 is 15.2 Å². The number of ether oxygens (including phenoxy) is 2. The molecule has 0 amide bonds. The lowest BCUT2D eigenvalue weighted by Crippen LogP contribution is -2.03. The molecule has 0 bridgehead atoms. The third-order valence-corrected chi connectivity index (χ3v) is 3.17. The van der Waals surface area contributed by atoms with Crippen molar-refractivity contribution >= 4 is 0 Å². The van der Waals surface area contributed by atoms with E-state index in [9.17, 15) is 0 Å². The molecular formula is C17H21NO2. The smallest absolute Gasteiger partial charge is 0.161 e. The maximum atomic E-state index is 5.82. The summed E-state index contributed by atoms with van der Waals surface area (Å²) in [7, 11) is 1.66. The van der Waals surface area contributed by atoms with E-state index in [0.717, 1.165) is 29.0 Å². The first-order valence-corrected chi connectivity index (χ1v) is 6.78. The summed E-state index contributed by atoms with van der Waals surface area (Å²) in [5.74, 6) is 1.54. The molecule has 0 spiro atoms. The number of hydrogen-bond acceptors (Lipinski definition) is 3. The molecule has 3 heteroatoms. The lowest BCUT2D eigenvalue weighted by atomic mass is 10.1. The van der Waals surface area contributed by atoms with Gasteiger partial charge >= 0.3 is 0 Å². The van der Waals surface area contributed by atoms with Gasteiger partial charge in [-0.05, 0) is 48.7 Å². The highest BCUT2D eigenvalue weighted by Crippen LogP contribution is 2.28. The summed E-state index contributed by atoms with van der Waals surface area (Å²) in [5, 5.41) is 0. The van der Waals surface area contributed by atoms with Gasteiger partial charge in [0.2, 0.25) is 0 Å². The predicted octanol–water partition coefficient (Wildman–Crippen LogP) is 3.08. The van der Waals surface area contributed by atoms with Crippen molar-refractivity contribution in [2.45, 2.75) is 20.0 Å². The zero-order valence-electron chi connectivity index (χ0n) is 12.1. The standard InChI is InChI=1S/C17H21NO2/c1-13-3-8-16(17(11-13)19-2)20-12-15-6-4-14(5-7-15)9-10-18/h3-8,11H,9-10,12,18H2,1-2H3. The van der Waals surface area contributed by atoms with Crippen LogP contribution in [-0.4, -0.2) is 13.7 Å². The fourth-order valence-corrected chi connectivity index (χ4v) is 2.02. The topological polar surface area (TPSA) is 44.5 Å². The number of aryl methyl sites for hydroxylation is 1. The van der Waals surface area contributed by atoms with E-state index in [-0.39, 0.29) is 0 Å². The largest absolute Gasteiger partial charge is 0.493 e. The number of hydrogen-bond donors (Lipinski definition) is 1. The van der Waals surface area contributed by atoms with Crippen LogP contribution in [0.5, 0.6) is 11.5 Å². The van der Waals surface area contributed by atoms with Gasteiger partial charge in [-0.15, -0.1) is 0 Å². The third-order valence-electron chi connectivity index (χ3n) is 3.17. The summed E-state index contributed by atoms with van der Waals surface area (Å²) in [4.78, 5) is 0. The maximum absolute atomic E-state index is 5.82. The Morgan fingerprint density at radius 2 is 1.65 bits per heavy atom. The van der Waals surface area contributed by atoms with Crippen molar-refractivity contribution in [2.24, 2.45) is 5.73 Å². The minimum Gasteiger partial charge on any atom is -0.493 e. The number of benzene rings is 2. The maximum Gasteiger partial charge on any atom is 0.161 e. The van der Waals surface area contributed by atoms with Crippen LogP contribution in [0.1, 0.15) is 16.7 Å². The Balaban J connectivity index is 2.01. The second-order valence-electron chi connectivity index (χ2n) is 4.80. The fourth-order valence-electron chi connectivity index (χ4n) is 2.02. The van der Waals surface area contributed by atoms with Gasteiger partial charge in [-0.25, -0.2) is 0 Å². The Hall–Kier alpha value is -2.00. The van der Waals surface area contributed by atoms with Crippen molar-refractivity contribution in [1.29, 1.82) is 0 Å². The molecular weight excluding hydrogens is 250 g/mol. The SMILES string of the molecule is COc1cc(C)ccc1OCc1ccc(CCN)cc1. The average molecular weight is 271 g/mol. The number of methoxy groups -OCH3 is 1. The van der Waals surface area contributed by atoms with Crippen molar-refractivity contribution in [1.82, 2.24) is 0 Å². The Kier molecular flexibility index (Phi) is 5.02. The normalized spacial score (nSPS) is 10.3. The Morgan fingerprint density at radius 3 is 2.30 bits per heavy atom. The van der Waals surface area contributed by atoms with E-state index in [1.165, 1.54) is 5.56 Å². The Labute approximate surface area is 120 Å². The summed E-state index contributed by atoms with van der Waals surface area (Å²) in [6.45, 7) is 3.24. The molecule has 0 unspecified atom stereocenters. The monoisotopic (exact) mass is 271 g/mol. The van der Waals surface area contributed by atoms with Gasteiger partial charge in [-0.3, -0.25) is 0 Å². The average Bonchev–Trinajstić information content (AvgIpc) is 2.47. The third kappa shape index (κ3) is 3.75.